The molecule has 0 amide bonds. The first kappa shape index (κ1) is 28.6. The second kappa shape index (κ2) is 11.4. The summed E-state index contributed by atoms with van der Waals surface area (Å²) in [6, 6.07) is 0. The third-order valence-electron chi connectivity index (χ3n) is 3.10. The van der Waals surface area contributed by atoms with E-state index in [-0.39, 0.29) is 50.9 Å². The van der Waals surface area contributed by atoms with Gasteiger partial charge in [0.15, 0.2) is 23.5 Å². The Balaban J connectivity index is -0.000000372. The van der Waals surface area contributed by atoms with E-state index in [1.807, 2.05) is 69.2 Å². The van der Waals surface area contributed by atoms with Gasteiger partial charge in [-0.1, -0.05) is 59.7 Å². The van der Waals surface area contributed by atoms with Crippen LogP contribution >= 0.6 is 0 Å². The van der Waals surface area contributed by atoms with E-state index in [1.165, 1.54) is 21.8 Å². The molecule has 0 bridgehead atoms. The van der Waals surface area contributed by atoms with Gasteiger partial charge in [0.05, 0.1) is 0 Å². The number of nitrogens with one attached hydrogen (secondary N) is 2. The van der Waals surface area contributed by atoms with Crippen molar-refractivity contribution in [2.75, 3.05) is 0 Å². The summed E-state index contributed by atoms with van der Waals surface area (Å²) in [5.41, 5.74) is 14.4. The molecule has 25 heavy (non-hydrogen) atoms. The Labute approximate surface area is 163 Å². The topological polar surface area (TPSA) is 99.8 Å². The van der Waals surface area contributed by atoms with Crippen LogP contribution in [0.4, 0.5) is 0 Å². The summed E-state index contributed by atoms with van der Waals surface area (Å²) in [5.74, 6) is -0.0553. The van der Waals surface area contributed by atoms with Gasteiger partial charge in [-0.25, -0.2) is 0 Å². The van der Waals surface area contributed by atoms with Crippen molar-refractivity contribution in [3.8, 4) is 0 Å². The predicted octanol–water partition coefficient (Wildman–Crippen LogP) is 3.37. The van der Waals surface area contributed by atoms with Gasteiger partial charge in [0.25, 0.3) is 0 Å². The molecule has 0 aromatic rings. The molecule has 0 fully saturated rings. The van der Waals surface area contributed by atoms with Crippen molar-refractivity contribution in [1.82, 2.24) is 0 Å². The molecule has 0 aliphatic rings. The average Bonchev–Trinajstić information content (AvgIpc) is 2.36. The van der Waals surface area contributed by atoms with Crippen LogP contribution in [0.2, 0.25) is 0 Å². The van der Waals surface area contributed by atoms with Crippen LogP contribution in [0.5, 0.6) is 0 Å². The molecule has 7 heteroatoms. The smallest absolute Gasteiger partial charge is 0.871 e. The maximum atomic E-state index is 11.2. The van der Waals surface area contributed by atoms with Crippen LogP contribution in [-0.4, -0.2) is 20.5 Å². The van der Waals surface area contributed by atoms with Gasteiger partial charge in [-0.3, -0.25) is 0 Å². The first-order valence-electron chi connectivity index (χ1n) is 8.28. The molecule has 0 aromatic heterocycles. The molecule has 0 saturated carbocycles. The van der Waals surface area contributed by atoms with Gasteiger partial charge in [0.2, 0.25) is 0 Å². The van der Waals surface area contributed by atoms with Crippen molar-refractivity contribution < 1.29 is 36.1 Å². The largest absolute Gasteiger partial charge is 2.00 e. The summed E-state index contributed by atoms with van der Waals surface area (Å²) in [6.07, 6.45) is 2.70. The maximum Gasteiger partial charge on any atom is 2.00 e. The fourth-order valence-electron chi connectivity index (χ4n) is 0.940. The van der Waals surface area contributed by atoms with Crippen LogP contribution in [0.3, 0.4) is 0 Å². The quantitative estimate of drug-likeness (QED) is 0.328. The van der Waals surface area contributed by atoms with E-state index in [2.05, 4.69) is 0 Å². The zero-order valence-corrected chi connectivity index (χ0v) is 18.3. The van der Waals surface area contributed by atoms with Gasteiger partial charge >= 0.3 is 16.5 Å². The molecule has 6 nitrogen and oxygen atoms in total. The summed E-state index contributed by atoms with van der Waals surface area (Å²) >= 11 is 0. The normalized spacial score (nSPS) is 13.1. The van der Waals surface area contributed by atoms with Crippen LogP contribution in [0.15, 0.2) is 23.9 Å². The first-order valence-corrected chi connectivity index (χ1v) is 8.28. The van der Waals surface area contributed by atoms with E-state index in [9.17, 15) is 10.2 Å². The molecule has 0 saturated heterocycles. The standard InChI is InChI=1S/2C9H18N2O.Ni/c2*1-7(2)8(12)6-11(10)9(3,4)5;/h2*6-7H,1-5H3,(H-,10,12);/q;;+2. The van der Waals surface area contributed by atoms with E-state index in [0.717, 1.165) is 0 Å². The van der Waals surface area contributed by atoms with Crippen molar-refractivity contribution in [3.63, 3.8) is 0 Å². The van der Waals surface area contributed by atoms with Gasteiger partial charge in [-0.2, -0.15) is 0 Å². The van der Waals surface area contributed by atoms with E-state index in [4.69, 9.17) is 11.1 Å². The number of rotatable bonds is 4. The second-order valence-electron chi connectivity index (χ2n) is 8.45. The van der Waals surface area contributed by atoms with Crippen molar-refractivity contribution in [3.05, 3.63) is 23.9 Å². The fraction of sp³-hybridized carbons (Fsp3) is 0.778. The fourth-order valence-corrected chi connectivity index (χ4v) is 0.940. The molecule has 0 aromatic carbocycles. The van der Waals surface area contributed by atoms with Gasteiger partial charge in [0.1, 0.15) is 0 Å². The molecule has 0 aliphatic carbocycles. The van der Waals surface area contributed by atoms with Crippen LogP contribution in [0.25, 0.3) is 0 Å². The van der Waals surface area contributed by atoms with Crippen LogP contribution in [0, 0.1) is 22.9 Å². The van der Waals surface area contributed by atoms with Gasteiger partial charge in [-0.15, -0.1) is 0 Å². The van der Waals surface area contributed by atoms with Crippen LogP contribution in [-0.2, 0) is 16.5 Å². The molecular weight excluding hydrogens is 363 g/mol. The summed E-state index contributed by atoms with van der Waals surface area (Å²) in [7, 11) is 0. The Morgan fingerprint density at radius 1 is 0.720 bits per heavy atom. The van der Waals surface area contributed by atoms with Gasteiger partial charge in [-0.05, 0) is 11.8 Å². The number of nitrogens with zero attached hydrogens (tertiary/aromatic N) is 2. The van der Waals surface area contributed by atoms with Crippen molar-refractivity contribution in [2.24, 2.45) is 11.8 Å². The third-order valence-corrected chi connectivity index (χ3v) is 3.10. The van der Waals surface area contributed by atoms with Gasteiger partial charge < -0.3 is 10.2 Å². The van der Waals surface area contributed by atoms with E-state index >= 15 is 0 Å². The molecule has 0 atom stereocenters. The molecule has 0 unspecified atom stereocenters. The zero-order chi connectivity index (χ0) is 19.9. The Bertz CT molecular complexity index is 450. The van der Waals surface area contributed by atoms with Crippen LogP contribution in [0.1, 0.15) is 69.2 Å². The number of allylic oxidation sites excluding steroid dienone is 2. The Kier molecular flexibility index (Phi) is 13.0. The summed E-state index contributed by atoms with van der Waals surface area (Å²) in [6.45, 7) is 18.7. The SMILES string of the molecule is CC(C)C([O-])=C[N+](=N)C(C)(C)C.CC(C)C([O-])=C[N+](=N)C(C)(C)C.[Ni+2]. The van der Waals surface area contributed by atoms with E-state index in [0.29, 0.717) is 0 Å². The Morgan fingerprint density at radius 2 is 0.920 bits per heavy atom. The Hall–Kier alpha value is -1.23. The molecule has 0 radical (unpaired) electrons. The first-order chi connectivity index (χ1) is 10.5. The van der Waals surface area contributed by atoms with Gasteiger partial charge in [0, 0.05) is 41.5 Å². The average molecular weight is 399 g/mol. The Morgan fingerprint density at radius 3 is 1.04 bits per heavy atom. The van der Waals surface area contributed by atoms with E-state index in [1.54, 1.807) is 0 Å². The molecule has 148 valence electrons. The third kappa shape index (κ3) is 13.7. The van der Waals surface area contributed by atoms with Crippen molar-refractivity contribution in [1.29, 1.82) is 11.1 Å². The molecule has 0 spiro atoms. The minimum atomic E-state index is -0.301. The van der Waals surface area contributed by atoms with Crippen molar-refractivity contribution >= 4 is 0 Å². The summed E-state index contributed by atoms with van der Waals surface area (Å²) in [4.78, 5) is 0. The monoisotopic (exact) mass is 398 g/mol. The summed E-state index contributed by atoms with van der Waals surface area (Å²) < 4.78 is 2.41. The number of hydrogen-bond acceptors (Lipinski definition) is 4. The van der Waals surface area contributed by atoms with Crippen LogP contribution < -0.4 is 10.2 Å². The summed E-state index contributed by atoms with van der Waals surface area (Å²) in [5, 5.41) is 22.4. The molecular formula is C18H36N4NiO2+2. The minimum absolute atomic E-state index is 0. The predicted molar refractivity (Wildman–Crippen MR) is 91.3 cm³/mol. The molecule has 0 rings (SSSR count). The molecule has 2 N–H and O–H groups in total. The van der Waals surface area contributed by atoms with Crippen molar-refractivity contribution in [2.45, 2.75) is 80.3 Å². The zero-order valence-electron chi connectivity index (χ0n) is 17.3. The maximum absolute atomic E-state index is 11.2. The second-order valence-corrected chi connectivity index (χ2v) is 8.45. The molecule has 0 heterocycles. The molecule has 0 aliphatic heterocycles. The number of hydrogen-bond donors (Lipinski definition) is 2. The minimum Gasteiger partial charge on any atom is -0.871 e. The van der Waals surface area contributed by atoms with E-state index < -0.39 is 0 Å².